The number of amides is 2. The molecular weight excluding hydrogens is 816 g/mol. The molecule has 0 saturated carbocycles. The third-order valence-corrected chi connectivity index (χ3v) is 13.9. The molecule has 0 N–H and O–H groups in total. The quantitative estimate of drug-likeness (QED) is 0.122. The van der Waals surface area contributed by atoms with Crippen LogP contribution < -0.4 is 4.74 Å². The molecule has 2 aliphatic heterocycles. The van der Waals surface area contributed by atoms with E-state index >= 15 is 0 Å². The molecule has 4 aromatic carbocycles. The Hall–Kier alpha value is -5.60. The highest BCUT2D eigenvalue weighted by atomic mass is 32.2. The van der Waals surface area contributed by atoms with Gasteiger partial charge in [0.2, 0.25) is 15.9 Å². The number of nitrogens with zero attached hydrogens (tertiary/aromatic N) is 5. The standard InChI is InChI=1S/C25H30N2O2.C23H24F3N3O3S/c1-3-4-15-26-18-23(22-12-8-9-13-24(22)26)20-14-16-27(17-20)25(28)19(2)29-21-10-6-5-7-11-21;1-27(2)22(30)15-28-14-18(17-7-3-5-9-20(17)28)16-11-12-29(13-16)33(31,32)21-10-6-4-8-19(21)23(24,25)26/h5-13,18-20H,3-4,14-17H2,1-2H3;3-10,14,16H,11-13,15H2,1-2H3. The van der Waals surface area contributed by atoms with Gasteiger partial charge in [0, 0.05) is 92.9 Å². The van der Waals surface area contributed by atoms with Crippen LogP contribution in [0.25, 0.3) is 21.8 Å². The van der Waals surface area contributed by atoms with E-state index in [2.05, 4.69) is 42.0 Å². The summed E-state index contributed by atoms with van der Waals surface area (Å²) < 4.78 is 77.8. The van der Waals surface area contributed by atoms with Crippen molar-refractivity contribution in [2.24, 2.45) is 0 Å². The first-order valence-corrected chi connectivity index (χ1v) is 22.6. The fourth-order valence-electron chi connectivity index (χ4n) is 8.62. The van der Waals surface area contributed by atoms with Gasteiger partial charge >= 0.3 is 6.18 Å². The molecule has 2 saturated heterocycles. The number of unbranched alkanes of at least 4 members (excludes halogenated alkanes) is 1. The lowest BCUT2D eigenvalue weighted by atomic mass is 9.98. The highest BCUT2D eigenvalue weighted by molar-refractivity contribution is 7.89. The molecule has 62 heavy (non-hydrogen) atoms. The molecule has 0 radical (unpaired) electrons. The molecular formula is C48H54F3N5O5S. The first kappa shape index (κ1) is 44.5. The number of likely N-dealkylation sites (tertiary alicyclic amines) is 1. The number of carbonyl (C=O) groups is 2. The maximum atomic E-state index is 13.4. The van der Waals surface area contributed by atoms with Crippen LogP contribution in [-0.4, -0.2) is 89.8 Å². The van der Waals surface area contributed by atoms with Gasteiger partial charge in [-0.1, -0.05) is 80.1 Å². The second-order valence-corrected chi connectivity index (χ2v) is 18.3. The minimum absolute atomic E-state index is 0.0736. The first-order chi connectivity index (χ1) is 29.7. The van der Waals surface area contributed by atoms with Crippen LogP contribution in [0.3, 0.4) is 0 Å². The maximum absolute atomic E-state index is 13.4. The lowest BCUT2D eigenvalue weighted by Gasteiger charge is -2.22. The number of rotatable bonds is 12. The lowest BCUT2D eigenvalue weighted by molar-refractivity contribution is -0.140. The number of halogens is 3. The normalized spacial score (nSPS) is 17.6. The number of sulfonamides is 1. The topological polar surface area (TPSA) is 97.1 Å². The predicted molar refractivity (Wildman–Crippen MR) is 236 cm³/mol. The summed E-state index contributed by atoms with van der Waals surface area (Å²) >= 11 is 0. The van der Waals surface area contributed by atoms with Gasteiger partial charge in [-0.25, -0.2) is 8.42 Å². The van der Waals surface area contributed by atoms with E-state index in [0.717, 1.165) is 64.7 Å². The van der Waals surface area contributed by atoms with Crippen LogP contribution in [0.15, 0.2) is 120 Å². The molecule has 4 heterocycles. The Morgan fingerprint density at radius 1 is 0.774 bits per heavy atom. The molecule has 8 rings (SSSR count). The third-order valence-electron chi connectivity index (χ3n) is 11.9. The summed E-state index contributed by atoms with van der Waals surface area (Å²) in [5, 5.41) is 2.24. The number of ether oxygens (including phenoxy) is 1. The number of aryl methyl sites for hydroxylation is 1. The van der Waals surface area contributed by atoms with E-state index < -0.39 is 32.8 Å². The van der Waals surface area contributed by atoms with E-state index in [-0.39, 0.29) is 37.4 Å². The molecule has 2 amide bonds. The Kier molecular flexibility index (Phi) is 13.5. The fourth-order valence-corrected chi connectivity index (χ4v) is 10.3. The Morgan fingerprint density at radius 2 is 1.34 bits per heavy atom. The van der Waals surface area contributed by atoms with Crippen LogP contribution in [0.1, 0.15) is 68.1 Å². The number of likely N-dealkylation sites (N-methyl/N-ethyl adjacent to an activating group) is 1. The number of aromatic nitrogens is 2. The van der Waals surface area contributed by atoms with Crippen LogP contribution in [0.5, 0.6) is 5.75 Å². The number of carbonyl (C=O) groups excluding carboxylic acids is 2. The highest BCUT2D eigenvalue weighted by Crippen LogP contribution is 2.40. The molecule has 0 bridgehead atoms. The van der Waals surface area contributed by atoms with Gasteiger partial charge in [-0.2, -0.15) is 17.5 Å². The predicted octanol–water partition coefficient (Wildman–Crippen LogP) is 9.15. The van der Waals surface area contributed by atoms with Gasteiger partial charge in [-0.15, -0.1) is 0 Å². The van der Waals surface area contributed by atoms with Crippen molar-refractivity contribution in [3.05, 3.63) is 132 Å². The summed E-state index contributed by atoms with van der Waals surface area (Å²) in [5.41, 5.74) is 3.27. The Labute approximate surface area is 361 Å². The van der Waals surface area contributed by atoms with Crippen molar-refractivity contribution < 1.29 is 35.9 Å². The molecule has 3 atom stereocenters. The molecule has 2 fully saturated rings. The Morgan fingerprint density at radius 3 is 1.98 bits per heavy atom. The van der Waals surface area contributed by atoms with Crippen LogP contribution in [0, 0.1) is 0 Å². The molecule has 2 aromatic heterocycles. The van der Waals surface area contributed by atoms with E-state index in [1.807, 2.05) is 77.2 Å². The maximum Gasteiger partial charge on any atom is 0.417 e. The van der Waals surface area contributed by atoms with Gasteiger partial charge < -0.3 is 23.7 Å². The van der Waals surface area contributed by atoms with Crippen LogP contribution in [0.2, 0.25) is 0 Å². The highest BCUT2D eigenvalue weighted by Gasteiger charge is 2.41. The van der Waals surface area contributed by atoms with Crippen molar-refractivity contribution in [1.82, 2.24) is 23.2 Å². The van der Waals surface area contributed by atoms with Gasteiger partial charge in [0.15, 0.2) is 6.10 Å². The van der Waals surface area contributed by atoms with Gasteiger partial charge in [-0.05, 0) is 73.7 Å². The summed E-state index contributed by atoms with van der Waals surface area (Å²) in [6, 6.07) is 30.0. The molecule has 3 unspecified atom stereocenters. The van der Waals surface area contributed by atoms with E-state index in [1.165, 1.54) is 46.3 Å². The monoisotopic (exact) mass is 869 g/mol. The second kappa shape index (κ2) is 18.8. The molecule has 6 aromatic rings. The minimum atomic E-state index is -4.77. The molecule has 328 valence electrons. The van der Waals surface area contributed by atoms with Crippen molar-refractivity contribution in [3.63, 3.8) is 0 Å². The first-order valence-electron chi connectivity index (χ1n) is 21.2. The van der Waals surface area contributed by atoms with Crippen molar-refractivity contribution >= 4 is 43.6 Å². The van der Waals surface area contributed by atoms with Gasteiger partial charge in [0.1, 0.15) is 12.3 Å². The van der Waals surface area contributed by atoms with E-state index in [9.17, 15) is 31.2 Å². The van der Waals surface area contributed by atoms with Gasteiger partial charge in [-0.3, -0.25) is 9.59 Å². The summed E-state index contributed by atoms with van der Waals surface area (Å²) in [4.78, 5) is 27.9. The van der Waals surface area contributed by atoms with Crippen molar-refractivity contribution in [2.45, 2.75) is 81.6 Å². The van der Waals surface area contributed by atoms with Crippen LogP contribution in [-0.2, 0) is 38.9 Å². The summed E-state index contributed by atoms with van der Waals surface area (Å²) in [6.07, 6.45) is 2.79. The van der Waals surface area contributed by atoms with Gasteiger partial charge in [0.25, 0.3) is 5.91 Å². The number of hydrogen-bond donors (Lipinski definition) is 0. The number of para-hydroxylation sites is 3. The lowest BCUT2D eigenvalue weighted by Crippen LogP contribution is -2.39. The second-order valence-electron chi connectivity index (χ2n) is 16.4. The largest absolute Gasteiger partial charge is 0.481 e. The SMILES string of the molecule is CCCCn1cc(C2CCN(C(=O)C(C)Oc3ccccc3)C2)c2ccccc21.CN(C)C(=O)Cn1cc(C2CCN(S(=O)(=O)c3ccccc3C(F)(F)F)C2)c2ccccc21. The summed E-state index contributed by atoms with van der Waals surface area (Å²) in [5.74, 6) is 0.921. The number of alkyl halides is 3. The Balaban J connectivity index is 0.000000188. The summed E-state index contributed by atoms with van der Waals surface area (Å²) in [7, 11) is -0.976. The van der Waals surface area contributed by atoms with Crippen molar-refractivity contribution in [1.29, 1.82) is 0 Å². The zero-order chi connectivity index (χ0) is 44.2. The Bertz CT molecular complexity index is 2620. The number of benzene rings is 4. The smallest absolute Gasteiger partial charge is 0.417 e. The van der Waals surface area contributed by atoms with Crippen molar-refractivity contribution in [2.75, 3.05) is 40.3 Å². The number of hydrogen-bond acceptors (Lipinski definition) is 5. The van der Waals surface area contributed by atoms with Crippen LogP contribution in [0.4, 0.5) is 13.2 Å². The zero-order valence-corrected chi connectivity index (χ0v) is 36.4. The molecule has 0 aliphatic carbocycles. The fraction of sp³-hybridized carbons (Fsp3) is 0.375. The molecule has 10 nitrogen and oxygen atoms in total. The molecule has 14 heteroatoms. The minimum Gasteiger partial charge on any atom is -0.481 e. The van der Waals surface area contributed by atoms with Gasteiger partial charge in [0.05, 0.1) is 10.5 Å². The van der Waals surface area contributed by atoms with Crippen LogP contribution >= 0.6 is 0 Å². The summed E-state index contributed by atoms with van der Waals surface area (Å²) in [6.45, 7) is 7.02. The number of fused-ring (bicyclic) bond motifs is 2. The molecule has 2 aliphatic rings. The average Bonchev–Trinajstić information content (AvgIpc) is 4.09. The van der Waals surface area contributed by atoms with E-state index in [1.54, 1.807) is 14.1 Å². The zero-order valence-electron chi connectivity index (χ0n) is 35.6. The third kappa shape index (κ3) is 9.56. The van der Waals surface area contributed by atoms with Crippen molar-refractivity contribution in [3.8, 4) is 5.75 Å². The van der Waals surface area contributed by atoms with E-state index in [0.29, 0.717) is 12.3 Å². The molecule has 0 spiro atoms. The average molecular weight is 870 g/mol. The van der Waals surface area contributed by atoms with E-state index in [4.69, 9.17) is 4.74 Å².